The first-order chi connectivity index (χ1) is 7.76. The summed E-state index contributed by atoms with van der Waals surface area (Å²) in [4.78, 5) is 0. The van der Waals surface area contributed by atoms with Gasteiger partial charge in [0.05, 0.1) is 25.4 Å². The van der Waals surface area contributed by atoms with E-state index in [1.807, 2.05) is 27.7 Å². The van der Waals surface area contributed by atoms with Crippen molar-refractivity contribution in [1.82, 2.24) is 0 Å². The Hall–Kier alpha value is -0.230. The normalized spacial score (nSPS) is 15.9. The number of aliphatic hydroxyl groups is 1. The number of alkyl halides is 1. The summed E-state index contributed by atoms with van der Waals surface area (Å²) < 4.78 is 29.4. The lowest BCUT2D eigenvalue weighted by Gasteiger charge is -2.27. The maximum Gasteiger partial charge on any atom is 0.230 e. The molecule has 0 saturated heterocycles. The van der Waals surface area contributed by atoms with E-state index >= 15 is 0 Å². The molecule has 0 aliphatic carbocycles. The van der Waals surface area contributed by atoms with Crippen LogP contribution in [0.3, 0.4) is 0 Å². The number of rotatable bonds is 9. The van der Waals surface area contributed by atoms with Crippen molar-refractivity contribution >= 4 is 0 Å². The first-order valence-electron chi connectivity index (χ1n) is 5.97. The molecule has 0 radical (unpaired) electrons. The molecule has 0 fully saturated rings. The topological polar surface area (TPSA) is 47.9 Å². The number of hydrogen-bond donors (Lipinski definition) is 1. The van der Waals surface area contributed by atoms with Crippen molar-refractivity contribution in [3.05, 3.63) is 0 Å². The van der Waals surface area contributed by atoms with Crippen molar-refractivity contribution in [2.75, 3.05) is 19.8 Å². The van der Waals surface area contributed by atoms with E-state index in [1.165, 1.54) is 6.92 Å². The van der Waals surface area contributed by atoms with Crippen molar-refractivity contribution in [2.45, 2.75) is 58.8 Å². The summed E-state index contributed by atoms with van der Waals surface area (Å²) in [5, 5.41) is 8.82. The zero-order chi connectivity index (χ0) is 13.5. The molecular formula is C12H25FO4. The van der Waals surface area contributed by atoms with Crippen LogP contribution in [0.1, 0.15) is 34.6 Å². The molecule has 0 aromatic carbocycles. The lowest BCUT2D eigenvalue weighted by molar-refractivity contribution is -0.215. The van der Waals surface area contributed by atoms with E-state index in [-0.39, 0.29) is 25.4 Å². The Balaban J connectivity index is 4.19. The summed E-state index contributed by atoms with van der Waals surface area (Å²) in [5.41, 5.74) is 0. The van der Waals surface area contributed by atoms with Gasteiger partial charge in [0.2, 0.25) is 5.85 Å². The number of ether oxygens (including phenoxy) is 3. The van der Waals surface area contributed by atoms with Crippen LogP contribution in [-0.2, 0) is 14.2 Å². The van der Waals surface area contributed by atoms with Gasteiger partial charge in [0, 0.05) is 0 Å². The molecule has 0 heterocycles. The van der Waals surface area contributed by atoms with E-state index in [2.05, 4.69) is 0 Å². The van der Waals surface area contributed by atoms with Crippen molar-refractivity contribution in [3.8, 4) is 0 Å². The second-order valence-corrected chi connectivity index (χ2v) is 4.76. The average Bonchev–Trinajstić information content (AvgIpc) is 2.21. The van der Waals surface area contributed by atoms with Gasteiger partial charge in [-0.05, 0) is 34.6 Å². The fourth-order valence-electron chi connectivity index (χ4n) is 1.10. The van der Waals surface area contributed by atoms with Gasteiger partial charge in [-0.15, -0.1) is 0 Å². The summed E-state index contributed by atoms with van der Waals surface area (Å²) in [6.45, 7) is 8.54. The molecule has 0 aliphatic heterocycles. The molecule has 0 aliphatic rings. The lowest BCUT2D eigenvalue weighted by atomic mass is 10.3. The maximum absolute atomic E-state index is 13.5. The van der Waals surface area contributed by atoms with Gasteiger partial charge in [-0.25, -0.2) is 4.39 Å². The number of halogens is 1. The first-order valence-corrected chi connectivity index (χ1v) is 5.97. The van der Waals surface area contributed by atoms with E-state index in [1.54, 1.807) is 0 Å². The van der Waals surface area contributed by atoms with Gasteiger partial charge in [-0.3, -0.25) is 0 Å². The lowest BCUT2D eigenvalue weighted by Crippen LogP contribution is -2.38. The van der Waals surface area contributed by atoms with Gasteiger partial charge in [0.15, 0.2) is 0 Å². The second-order valence-electron chi connectivity index (χ2n) is 4.76. The molecule has 0 aromatic heterocycles. The van der Waals surface area contributed by atoms with Gasteiger partial charge in [0.25, 0.3) is 0 Å². The largest absolute Gasteiger partial charge is 0.390 e. The quantitative estimate of drug-likeness (QED) is 0.681. The van der Waals surface area contributed by atoms with Crippen LogP contribution >= 0.6 is 0 Å². The summed E-state index contributed by atoms with van der Waals surface area (Å²) in [7, 11) is 0. The van der Waals surface area contributed by atoms with Gasteiger partial charge in [-0.1, -0.05) is 0 Å². The highest BCUT2D eigenvalue weighted by Gasteiger charge is 2.28. The van der Waals surface area contributed by atoms with Crippen molar-refractivity contribution in [2.24, 2.45) is 0 Å². The Kier molecular flexibility index (Phi) is 7.87. The maximum atomic E-state index is 13.5. The van der Waals surface area contributed by atoms with Crippen LogP contribution < -0.4 is 0 Å². The third-order valence-corrected chi connectivity index (χ3v) is 1.93. The summed E-state index contributed by atoms with van der Waals surface area (Å²) in [5.74, 6) is -2.06. The minimum atomic E-state index is -2.06. The molecule has 17 heavy (non-hydrogen) atoms. The van der Waals surface area contributed by atoms with Gasteiger partial charge in [0.1, 0.15) is 12.7 Å². The highest BCUT2D eigenvalue weighted by atomic mass is 19.2. The molecule has 0 rings (SSSR count). The Labute approximate surface area is 103 Å². The number of hydrogen-bond acceptors (Lipinski definition) is 4. The van der Waals surface area contributed by atoms with E-state index in [4.69, 9.17) is 19.3 Å². The first kappa shape index (κ1) is 16.8. The second kappa shape index (κ2) is 7.97. The average molecular weight is 252 g/mol. The molecular weight excluding hydrogens is 227 g/mol. The molecule has 0 spiro atoms. The minimum absolute atomic E-state index is 0.0418. The fourth-order valence-corrected chi connectivity index (χ4v) is 1.10. The number of aliphatic hydroxyl groups excluding tert-OH is 1. The van der Waals surface area contributed by atoms with E-state index in [9.17, 15) is 4.39 Å². The van der Waals surface area contributed by atoms with Gasteiger partial charge < -0.3 is 19.3 Å². The van der Waals surface area contributed by atoms with Crippen LogP contribution in [0, 0.1) is 0 Å². The Morgan fingerprint density at radius 2 is 1.47 bits per heavy atom. The third-order valence-electron chi connectivity index (χ3n) is 1.93. The fraction of sp³-hybridized carbons (Fsp3) is 1.00. The molecule has 1 N–H and O–H groups in total. The smallest absolute Gasteiger partial charge is 0.230 e. The summed E-state index contributed by atoms with van der Waals surface area (Å²) >= 11 is 0. The summed E-state index contributed by atoms with van der Waals surface area (Å²) in [6, 6.07) is 0. The van der Waals surface area contributed by atoms with Crippen LogP contribution in [0.5, 0.6) is 0 Å². The molecule has 104 valence electrons. The van der Waals surface area contributed by atoms with Crippen molar-refractivity contribution in [3.63, 3.8) is 0 Å². The van der Waals surface area contributed by atoms with Crippen LogP contribution in [0.2, 0.25) is 0 Å². The molecule has 0 saturated carbocycles. The monoisotopic (exact) mass is 252 g/mol. The third kappa shape index (κ3) is 9.47. The molecule has 0 amide bonds. The SMILES string of the molecule is CC(C)OCC(COC(C)C)O[C@](C)(F)CO. The molecule has 4 nitrogen and oxygen atoms in total. The predicted molar refractivity (Wildman–Crippen MR) is 63.6 cm³/mol. The zero-order valence-electron chi connectivity index (χ0n) is 11.4. The Morgan fingerprint density at radius 1 is 1.06 bits per heavy atom. The predicted octanol–water partition coefficient (Wildman–Crippen LogP) is 1.90. The van der Waals surface area contributed by atoms with E-state index in [0.717, 1.165) is 0 Å². The Morgan fingerprint density at radius 3 is 1.76 bits per heavy atom. The molecule has 0 unspecified atom stereocenters. The van der Waals surface area contributed by atoms with Gasteiger partial charge >= 0.3 is 0 Å². The zero-order valence-corrected chi connectivity index (χ0v) is 11.4. The van der Waals surface area contributed by atoms with Crippen LogP contribution in [0.15, 0.2) is 0 Å². The highest BCUT2D eigenvalue weighted by Crippen LogP contribution is 2.15. The molecule has 1 atom stereocenters. The van der Waals surface area contributed by atoms with Crippen LogP contribution in [-0.4, -0.2) is 49.1 Å². The Bertz CT molecular complexity index is 183. The van der Waals surface area contributed by atoms with Crippen LogP contribution in [0.4, 0.5) is 4.39 Å². The van der Waals surface area contributed by atoms with E-state index in [0.29, 0.717) is 0 Å². The molecule has 5 heteroatoms. The van der Waals surface area contributed by atoms with Crippen molar-refractivity contribution < 1.29 is 23.7 Å². The highest BCUT2D eigenvalue weighted by molar-refractivity contribution is 4.65. The molecule has 0 bridgehead atoms. The van der Waals surface area contributed by atoms with Gasteiger partial charge in [-0.2, -0.15) is 0 Å². The van der Waals surface area contributed by atoms with E-state index < -0.39 is 18.6 Å². The van der Waals surface area contributed by atoms with Crippen LogP contribution in [0.25, 0.3) is 0 Å². The standard InChI is InChI=1S/C12H25FO4/c1-9(2)15-6-11(7-16-10(3)4)17-12(5,13)8-14/h9-11,14H,6-8H2,1-5H3/t12-/m0/s1. The minimum Gasteiger partial charge on any atom is -0.390 e. The van der Waals surface area contributed by atoms with Crippen molar-refractivity contribution in [1.29, 1.82) is 0 Å². The molecule has 0 aromatic rings. The summed E-state index contributed by atoms with van der Waals surface area (Å²) in [6.07, 6.45) is -0.442.